The normalized spacial score (nSPS) is 24.3. The van der Waals surface area contributed by atoms with E-state index in [4.69, 9.17) is 0 Å². The second-order valence-corrected chi connectivity index (χ2v) is 10.2. The molecule has 2 aliphatic heterocycles. The number of aromatic hydroxyl groups is 1. The number of anilines is 1. The highest BCUT2D eigenvalue weighted by Crippen LogP contribution is 2.56. The van der Waals surface area contributed by atoms with Crippen molar-refractivity contribution in [3.63, 3.8) is 0 Å². The summed E-state index contributed by atoms with van der Waals surface area (Å²) in [5.41, 5.74) is -2.82. The lowest BCUT2D eigenvalue weighted by Gasteiger charge is -2.37. The number of carbonyl (C=O) groups is 4. The number of nitrogens with zero attached hydrogens (tertiary/aromatic N) is 2. The molecule has 8 heteroatoms. The number of carbonyl (C=O) groups excluding carboxylic acids is 4. The highest BCUT2D eigenvalue weighted by molar-refractivity contribution is 6.56. The van der Waals surface area contributed by atoms with Gasteiger partial charge >= 0.3 is 5.91 Å². The summed E-state index contributed by atoms with van der Waals surface area (Å²) in [6.45, 7) is 7.57. The third-order valence-electron chi connectivity index (χ3n) is 7.13. The maximum atomic E-state index is 14.5. The van der Waals surface area contributed by atoms with Crippen LogP contribution in [-0.4, -0.2) is 50.6 Å². The molecule has 1 atom stereocenters. The van der Waals surface area contributed by atoms with Gasteiger partial charge in [-0.1, -0.05) is 62.4 Å². The first-order valence-electron chi connectivity index (χ1n) is 11.9. The van der Waals surface area contributed by atoms with Crippen molar-refractivity contribution in [1.82, 2.24) is 4.90 Å². The number of rotatable bonds is 4. The lowest BCUT2D eigenvalue weighted by molar-refractivity contribution is -0.133. The number of para-hydroxylation sites is 2. The average molecular weight is 499 g/mol. The van der Waals surface area contributed by atoms with Gasteiger partial charge in [-0.05, 0) is 24.0 Å². The second kappa shape index (κ2) is 8.30. The number of phenols is 1. The van der Waals surface area contributed by atoms with E-state index in [1.807, 2.05) is 13.8 Å². The van der Waals surface area contributed by atoms with Crippen molar-refractivity contribution >= 4 is 34.8 Å². The summed E-state index contributed by atoms with van der Waals surface area (Å²) < 4.78 is 0. The summed E-state index contributed by atoms with van der Waals surface area (Å²) >= 11 is 0. The Balaban J connectivity index is 1.94. The van der Waals surface area contributed by atoms with E-state index in [2.05, 4.69) is 6.58 Å². The van der Waals surface area contributed by atoms with Crippen molar-refractivity contribution in [2.24, 2.45) is 5.41 Å². The predicted octanol–water partition coefficient (Wildman–Crippen LogP) is 3.69. The lowest BCUT2D eigenvalue weighted by Crippen LogP contribution is -2.56. The van der Waals surface area contributed by atoms with Gasteiger partial charge in [0, 0.05) is 24.2 Å². The first-order valence-corrected chi connectivity index (χ1v) is 11.9. The molecule has 3 aliphatic rings. The van der Waals surface area contributed by atoms with Crippen LogP contribution in [0.5, 0.6) is 5.75 Å². The van der Waals surface area contributed by atoms with Crippen LogP contribution in [0.2, 0.25) is 0 Å². The van der Waals surface area contributed by atoms with E-state index in [9.17, 15) is 29.4 Å². The molecule has 5 rings (SSSR count). The van der Waals surface area contributed by atoms with E-state index in [0.29, 0.717) is 12.1 Å². The number of phenolic OH excluding ortho intramolecular Hbond substituents is 1. The summed E-state index contributed by atoms with van der Waals surface area (Å²) in [5.74, 6) is -4.32. The van der Waals surface area contributed by atoms with Crippen molar-refractivity contribution in [3.8, 4) is 5.75 Å². The summed E-state index contributed by atoms with van der Waals surface area (Å²) in [7, 11) is 0. The molecule has 1 spiro atoms. The number of ketones is 2. The number of fused-ring (bicyclic) bond motifs is 1. The van der Waals surface area contributed by atoms with Gasteiger partial charge in [0.05, 0.1) is 16.8 Å². The minimum Gasteiger partial charge on any atom is -0.507 e. The molecule has 1 fully saturated rings. The van der Waals surface area contributed by atoms with Gasteiger partial charge in [0.2, 0.25) is 0 Å². The Labute approximate surface area is 213 Å². The summed E-state index contributed by atoms with van der Waals surface area (Å²) in [5, 5.41) is 22.2. The predicted molar refractivity (Wildman–Crippen MR) is 136 cm³/mol. The van der Waals surface area contributed by atoms with Crippen molar-refractivity contribution in [1.29, 1.82) is 0 Å². The summed E-state index contributed by atoms with van der Waals surface area (Å²) in [6.07, 6.45) is 1.89. The van der Waals surface area contributed by atoms with Crippen LogP contribution in [0.1, 0.15) is 32.3 Å². The largest absolute Gasteiger partial charge is 0.507 e. The maximum absolute atomic E-state index is 14.5. The van der Waals surface area contributed by atoms with E-state index in [-0.39, 0.29) is 35.5 Å². The van der Waals surface area contributed by atoms with Gasteiger partial charge in [0.25, 0.3) is 11.7 Å². The number of benzene rings is 2. The van der Waals surface area contributed by atoms with Crippen molar-refractivity contribution in [2.45, 2.75) is 32.2 Å². The molecule has 1 unspecified atom stereocenters. The van der Waals surface area contributed by atoms with Gasteiger partial charge in [-0.25, -0.2) is 0 Å². The Morgan fingerprint density at radius 2 is 1.65 bits per heavy atom. The Morgan fingerprint density at radius 3 is 2.30 bits per heavy atom. The fourth-order valence-electron chi connectivity index (χ4n) is 5.72. The molecule has 37 heavy (non-hydrogen) atoms. The molecule has 2 aromatic rings. The minimum absolute atomic E-state index is 0.0269. The van der Waals surface area contributed by atoms with Crippen LogP contribution in [0.3, 0.4) is 0 Å². The SMILES string of the molecule is C=CCN1C(=O)C2(C3=C1CC(C)(C)CC3=O)/C(=C(\O)c1ccccc1)C(=O)C(=O)N2c1ccccc1O. The molecule has 0 bridgehead atoms. The van der Waals surface area contributed by atoms with Crippen LogP contribution in [0, 0.1) is 5.41 Å². The number of hydrogen-bond acceptors (Lipinski definition) is 6. The van der Waals surface area contributed by atoms with Gasteiger partial charge in [-0.2, -0.15) is 0 Å². The number of amides is 2. The van der Waals surface area contributed by atoms with Crippen LogP contribution < -0.4 is 4.90 Å². The van der Waals surface area contributed by atoms with E-state index in [1.165, 1.54) is 29.2 Å². The molecular weight excluding hydrogens is 472 g/mol. The molecule has 1 saturated heterocycles. The summed E-state index contributed by atoms with van der Waals surface area (Å²) in [4.78, 5) is 57.9. The molecular formula is C29H26N2O6. The van der Waals surface area contributed by atoms with Gasteiger partial charge in [-0.15, -0.1) is 6.58 Å². The fourth-order valence-corrected chi connectivity index (χ4v) is 5.72. The third kappa shape index (κ3) is 3.28. The number of hydrogen-bond donors (Lipinski definition) is 2. The zero-order valence-corrected chi connectivity index (χ0v) is 20.5. The van der Waals surface area contributed by atoms with Crippen LogP contribution in [0.4, 0.5) is 5.69 Å². The fraction of sp³-hybridized carbons (Fsp3) is 0.241. The number of Topliss-reactive ketones (excluding diaryl/α,β-unsaturated/α-hetero) is 2. The topological polar surface area (TPSA) is 115 Å². The van der Waals surface area contributed by atoms with Gasteiger partial charge < -0.3 is 15.1 Å². The second-order valence-electron chi connectivity index (χ2n) is 10.2. The van der Waals surface area contributed by atoms with E-state index in [0.717, 1.165) is 4.90 Å². The molecule has 2 aromatic carbocycles. The quantitative estimate of drug-likeness (QED) is 0.288. The Bertz CT molecular complexity index is 1450. The van der Waals surface area contributed by atoms with Crippen LogP contribution in [-0.2, 0) is 19.2 Å². The first-order chi connectivity index (χ1) is 17.6. The standard InChI is InChI=1S/C29H26N2O6/c1-4-14-30-19-15-28(2,3)16-21(33)22(19)29(27(30)37)23(24(34)17-10-6-5-7-11-17)25(35)26(36)31(29)18-12-8-9-13-20(18)32/h4-13,32,34H,1,14-16H2,2-3H3/b24-23-. The summed E-state index contributed by atoms with van der Waals surface area (Å²) in [6, 6.07) is 13.9. The van der Waals surface area contributed by atoms with E-state index < -0.39 is 45.7 Å². The molecule has 1 aliphatic carbocycles. The molecule has 0 saturated carbocycles. The van der Waals surface area contributed by atoms with E-state index in [1.54, 1.807) is 36.4 Å². The Hall–Kier alpha value is -4.46. The van der Waals surface area contributed by atoms with Crippen molar-refractivity contribution in [2.75, 3.05) is 11.4 Å². The number of allylic oxidation sites excluding steroid dienone is 1. The molecule has 0 aromatic heterocycles. The smallest absolute Gasteiger partial charge is 0.300 e. The van der Waals surface area contributed by atoms with Gasteiger partial charge in [-0.3, -0.25) is 24.1 Å². The van der Waals surface area contributed by atoms with Crippen LogP contribution in [0.15, 0.2) is 84.1 Å². The molecule has 2 amide bonds. The zero-order chi connectivity index (χ0) is 26.7. The Morgan fingerprint density at radius 1 is 1.00 bits per heavy atom. The van der Waals surface area contributed by atoms with Crippen molar-refractivity contribution < 1.29 is 29.4 Å². The average Bonchev–Trinajstić information content (AvgIpc) is 3.22. The maximum Gasteiger partial charge on any atom is 0.300 e. The monoisotopic (exact) mass is 498 g/mol. The Kier molecular flexibility index (Phi) is 5.44. The first kappa shape index (κ1) is 24.2. The molecule has 0 radical (unpaired) electrons. The third-order valence-corrected chi connectivity index (χ3v) is 7.13. The van der Waals surface area contributed by atoms with Gasteiger partial charge in [0.1, 0.15) is 11.5 Å². The highest BCUT2D eigenvalue weighted by atomic mass is 16.3. The zero-order valence-electron chi connectivity index (χ0n) is 20.5. The molecule has 2 N–H and O–H groups in total. The lowest BCUT2D eigenvalue weighted by atomic mass is 9.70. The van der Waals surface area contributed by atoms with E-state index >= 15 is 0 Å². The highest BCUT2D eigenvalue weighted by Gasteiger charge is 2.71. The van der Waals surface area contributed by atoms with Crippen LogP contribution in [0.25, 0.3) is 5.76 Å². The van der Waals surface area contributed by atoms with Crippen molar-refractivity contribution in [3.05, 3.63) is 89.7 Å². The number of aliphatic hydroxyl groups is 1. The molecule has 2 heterocycles. The minimum atomic E-state index is -2.28. The number of aliphatic hydroxyl groups excluding tert-OH is 1. The molecule has 8 nitrogen and oxygen atoms in total. The molecule has 188 valence electrons. The van der Waals surface area contributed by atoms with Crippen LogP contribution >= 0.6 is 0 Å². The van der Waals surface area contributed by atoms with Gasteiger partial charge in [0.15, 0.2) is 11.3 Å².